The number of halogens is 2. The summed E-state index contributed by atoms with van der Waals surface area (Å²) < 4.78 is 0. The highest BCUT2D eigenvalue weighted by Crippen LogP contribution is 1.96. The van der Waals surface area contributed by atoms with Crippen molar-refractivity contribution in [3.05, 3.63) is 0 Å². The molecule has 0 aromatic rings. The zero-order valence-electron chi connectivity index (χ0n) is 11.5. The number of aliphatic hydroxyl groups is 2. The molecule has 2 unspecified atom stereocenters. The van der Waals surface area contributed by atoms with Crippen LogP contribution in [0.3, 0.4) is 0 Å². The first kappa shape index (κ1) is 23.5. The maximum atomic E-state index is 9.07. The summed E-state index contributed by atoms with van der Waals surface area (Å²) in [6.07, 6.45) is 4.19. The van der Waals surface area contributed by atoms with Gasteiger partial charge in [-0.3, -0.25) is 0 Å². The highest BCUT2D eigenvalue weighted by atomic mass is 35.5. The van der Waals surface area contributed by atoms with Crippen LogP contribution in [0.4, 0.5) is 0 Å². The highest BCUT2D eigenvalue weighted by molar-refractivity contribution is 5.85. The molecule has 0 fully saturated rings. The average molecular weight is 305 g/mol. The number of aliphatic hydroxyl groups excluding tert-OH is 2. The Balaban J connectivity index is -0.00000112. The molecule has 0 amide bonds. The lowest BCUT2D eigenvalue weighted by molar-refractivity contribution is 0.224. The average Bonchev–Trinajstić information content (AvgIpc) is 2.31. The van der Waals surface area contributed by atoms with Crippen molar-refractivity contribution in [3.63, 3.8) is 0 Å². The molecule has 0 aromatic heterocycles. The van der Waals surface area contributed by atoms with Crippen LogP contribution in [0.15, 0.2) is 0 Å². The molecule has 0 saturated carbocycles. The van der Waals surface area contributed by atoms with Crippen molar-refractivity contribution >= 4 is 24.8 Å². The molecule has 114 valence electrons. The zero-order valence-corrected chi connectivity index (χ0v) is 13.2. The summed E-state index contributed by atoms with van der Waals surface area (Å²) in [6.45, 7) is 6.31. The van der Waals surface area contributed by atoms with Gasteiger partial charge in [-0.15, -0.1) is 24.8 Å². The predicted octanol–water partition coefficient (Wildman–Crippen LogP) is 1.33. The third-order valence-corrected chi connectivity index (χ3v) is 2.71. The number of nitrogens with one attached hydrogen (secondary N) is 2. The van der Waals surface area contributed by atoms with Crippen molar-refractivity contribution in [1.29, 1.82) is 0 Å². The lowest BCUT2D eigenvalue weighted by Crippen LogP contribution is -2.41. The maximum absolute atomic E-state index is 9.07. The Morgan fingerprint density at radius 2 is 1.11 bits per heavy atom. The third-order valence-electron chi connectivity index (χ3n) is 2.71. The van der Waals surface area contributed by atoms with Crippen molar-refractivity contribution in [2.45, 2.75) is 51.6 Å². The Bertz CT molecular complexity index is 138. The lowest BCUT2D eigenvalue weighted by atomic mass is 10.1. The van der Waals surface area contributed by atoms with Gasteiger partial charge in [0.1, 0.15) is 0 Å². The van der Waals surface area contributed by atoms with Gasteiger partial charge in [0.25, 0.3) is 0 Å². The molecular weight excluding hydrogens is 275 g/mol. The van der Waals surface area contributed by atoms with Gasteiger partial charge in [0.2, 0.25) is 0 Å². The van der Waals surface area contributed by atoms with Gasteiger partial charge < -0.3 is 20.8 Å². The van der Waals surface area contributed by atoms with Gasteiger partial charge in [-0.25, -0.2) is 0 Å². The standard InChI is InChI=1S/C12H28N2O2.2ClH/c1-3-5-11(9-15)13-7-8-14-12(10-16)6-4-2;;/h11-16H,3-10H2,1-2H3;2*1H. The first-order chi connectivity index (χ1) is 7.78. The summed E-state index contributed by atoms with van der Waals surface area (Å²) in [5.41, 5.74) is 0. The van der Waals surface area contributed by atoms with Gasteiger partial charge in [0.05, 0.1) is 13.2 Å². The van der Waals surface area contributed by atoms with E-state index in [1.54, 1.807) is 0 Å². The molecular formula is C12H30Cl2N2O2. The van der Waals surface area contributed by atoms with Crippen LogP contribution in [-0.4, -0.2) is 48.6 Å². The van der Waals surface area contributed by atoms with Crippen molar-refractivity contribution in [1.82, 2.24) is 10.6 Å². The van der Waals surface area contributed by atoms with Crippen LogP contribution in [-0.2, 0) is 0 Å². The van der Waals surface area contributed by atoms with Crippen molar-refractivity contribution < 1.29 is 10.2 Å². The Morgan fingerprint density at radius 3 is 1.33 bits per heavy atom. The van der Waals surface area contributed by atoms with E-state index in [1.165, 1.54) is 0 Å². The van der Waals surface area contributed by atoms with Gasteiger partial charge in [-0.2, -0.15) is 0 Å². The number of rotatable bonds is 11. The van der Waals surface area contributed by atoms with Crippen LogP contribution in [0, 0.1) is 0 Å². The molecule has 4 N–H and O–H groups in total. The van der Waals surface area contributed by atoms with E-state index in [0.29, 0.717) is 0 Å². The first-order valence-electron chi connectivity index (χ1n) is 6.46. The van der Waals surface area contributed by atoms with Gasteiger partial charge in [-0.1, -0.05) is 26.7 Å². The van der Waals surface area contributed by atoms with E-state index < -0.39 is 0 Å². The van der Waals surface area contributed by atoms with Crippen LogP contribution in [0.1, 0.15) is 39.5 Å². The lowest BCUT2D eigenvalue weighted by Gasteiger charge is -2.18. The van der Waals surface area contributed by atoms with E-state index in [9.17, 15) is 0 Å². The molecule has 0 bridgehead atoms. The summed E-state index contributed by atoms with van der Waals surface area (Å²) in [4.78, 5) is 0. The van der Waals surface area contributed by atoms with Crippen molar-refractivity contribution in [2.24, 2.45) is 0 Å². The smallest absolute Gasteiger partial charge is 0.0584 e. The Kier molecular flexibility index (Phi) is 22.8. The van der Waals surface area contributed by atoms with E-state index in [0.717, 1.165) is 38.8 Å². The second-order valence-corrected chi connectivity index (χ2v) is 4.24. The van der Waals surface area contributed by atoms with Gasteiger partial charge in [0, 0.05) is 25.2 Å². The SMILES string of the molecule is CCCC(CO)NCCNC(CO)CCC.Cl.Cl. The minimum Gasteiger partial charge on any atom is -0.395 e. The molecule has 0 spiro atoms. The number of hydrogen-bond donors (Lipinski definition) is 4. The van der Waals surface area contributed by atoms with E-state index >= 15 is 0 Å². The zero-order chi connectivity index (χ0) is 12.2. The first-order valence-corrected chi connectivity index (χ1v) is 6.46. The van der Waals surface area contributed by atoms with E-state index in [1.807, 2.05) is 0 Å². The monoisotopic (exact) mass is 304 g/mol. The molecule has 0 heterocycles. The molecule has 0 rings (SSSR count). The fraction of sp³-hybridized carbons (Fsp3) is 1.00. The predicted molar refractivity (Wildman–Crippen MR) is 82.1 cm³/mol. The maximum Gasteiger partial charge on any atom is 0.0584 e. The van der Waals surface area contributed by atoms with Gasteiger partial charge in [-0.05, 0) is 12.8 Å². The Morgan fingerprint density at radius 1 is 0.778 bits per heavy atom. The summed E-state index contributed by atoms with van der Waals surface area (Å²) in [7, 11) is 0. The van der Waals surface area contributed by atoms with Crippen LogP contribution < -0.4 is 10.6 Å². The molecule has 0 radical (unpaired) electrons. The molecule has 0 aliphatic heterocycles. The third kappa shape index (κ3) is 12.9. The summed E-state index contributed by atoms with van der Waals surface area (Å²) in [6, 6.07) is 0.427. The second-order valence-electron chi connectivity index (χ2n) is 4.24. The summed E-state index contributed by atoms with van der Waals surface area (Å²) in [5.74, 6) is 0. The second kappa shape index (κ2) is 17.4. The molecule has 4 nitrogen and oxygen atoms in total. The molecule has 0 aliphatic carbocycles. The number of hydrogen-bond acceptors (Lipinski definition) is 4. The van der Waals surface area contributed by atoms with Crippen LogP contribution in [0.5, 0.6) is 0 Å². The molecule has 0 aromatic carbocycles. The highest BCUT2D eigenvalue weighted by Gasteiger charge is 2.06. The molecule has 0 aliphatic rings. The van der Waals surface area contributed by atoms with E-state index in [-0.39, 0.29) is 50.1 Å². The molecule has 18 heavy (non-hydrogen) atoms. The van der Waals surface area contributed by atoms with Crippen LogP contribution in [0.25, 0.3) is 0 Å². The minimum absolute atomic E-state index is 0. The molecule has 2 atom stereocenters. The summed E-state index contributed by atoms with van der Waals surface area (Å²) in [5, 5.41) is 24.7. The molecule has 0 saturated heterocycles. The van der Waals surface area contributed by atoms with E-state index in [4.69, 9.17) is 10.2 Å². The fourth-order valence-electron chi connectivity index (χ4n) is 1.77. The van der Waals surface area contributed by atoms with E-state index in [2.05, 4.69) is 24.5 Å². The Labute approximate surface area is 124 Å². The van der Waals surface area contributed by atoms with Gasteiger partial charge >= 0.3 is 0 Å². The normalized spacial score (nSPS) is 13.3. The van der Waals surface area contributed by atoms with Crippen LogP contribution >= 0.6 is 24.8 Å². The van der Waals surface area contributed by atoms with Crippen molar-refractivity contribution in [2.75, 3.05) is 26.3 Å². The Hall–Kier alpha value is 0.420. The topological polar surface area (TPSA) is 64.5 Å². The largest absolute Gasteiger partial charge is 0.395 e. The minimum atomic E-state index is 0. The quantitative estimate of drug-likeness (QED) is 0.435. The molecule has 6 heteroatoms. The van der Waals surface area contributed by atoms with Gasteiger partial charge in [0.15, 0.2) is 0 Å². The fourth-order valence-corrected chi connectivity index (χ4v) is 1.77. The van der Waals surface area contributed by atoms with Crippen LogP contribution in [0.2, 0.25) is 0 Å². The summed E-state index contributed by atoms with van der Waals surface area (Å²) >= 11 is 0. The van der Waals surface area contributed by atoms with Crippen molar-refractivity contribution in [3.8, 4) is 0 Å².